The van der Waals surface area contributed by atoms with E-state index in [0.717, 1.165) is 5.56 Å². The summed E-state index contributed by atoms with van der Waals surface area (Å²) in [5.41, 5.74) is 1.16. The lowest BCUT2D eigenvalue weighted by molar-refractivity contribution is -0.305. The van der Waals surface area contributed by atoms with E-state index in [0.29, 0.717) is 19.1 Å². The summed E-state index contributed by atoms with van der Waals surface area (Å²) in [4.78, 5) is 0. The first-order valence-corrected chi connectivity index (χ1v) is 9.59. The fourth-order valence-corrected chi connectivity index (χ4v) is 3.65. The summed E-state index contributed by atoms with van der Waals surface area (Å²) in [6.45, 7) is 11.7. The highest BCUT2D eigenvalue weighted by Gasteiger charge is 2.41. The summed E-state index contributed by atoms with van der Waals surface area (Å²) in [7, 11) is 0. The smallest absolute Gasteiger partial charge is 0.163 e. The fourth-order valence-electron chi connectivity index (χ4n) is 3.65. The van der Waals surface area contributed by atoms with Gasteiger partial charge in [0, 0.05) is 17.8 Å². The van der Waals surface area contributed by atoms with Crippen LogP contribution >= 0.6 is 0 Å². The minimum atomic E-state index is -0.570. The molecule has 0 saturated carbocycles. The lowest BCUT2D eigenvalue weighted by Gasteiger charge is -2.45. The van der Waals surface area contributed by atoms with Crippen LogP contribution in [0.1, 0.15) is 40.2 Å². The second-order valence-corrected chi connectivity index (χ2v) is 7.86. The van der Waals surface area contributed by atoms with Crippen molar-refractivity contribution in [2.45, 2.75) is 59.2 Å². The number of hydrogen-bond acceptors (Lipinski definition) is 4. The third-order valence-electron chi connectivity index (χ3n) is 5.06. The second kappa shape index (κ2) is 9.65. The predicted octanol–water partition coefficient (Wildman–Crippen LogP) is 4.18. The Morgan fingerprint density at radius 2 is 1.96 bits per heavy atom. The van der Waals surface area contributed by atoms with E-state index in [1.54, 1.807) is 6.08 Å². The highest BCUT2D eigenvalue weighted by atomic mass is 16.7. The first-order chi connectivity index (χ1) is 12.3. The van der Waals surface area contributed by atoms with Crippen LogP contribution in [0.25, 0.3) is 0 Å². The third-order valence-corrected chi connectivity index (χ3v) is 5.06. The molecule has 1 saturated heterocycles. The summed E-state index contributed by atoms with van der Waals surface area (Å²) in [5.74, 6) is 0.0901. The average Bonchev–Trinajstić information content (AvgIpc) is 2.62. The molecular formula is C22H34O4. The van der Waals surface area contributed by atoms with Gasteiger partial charge in [0.15, 0.2) is 5.79 Å². The van der Waals surface area contributed by atoms with Crippen LogP contribution in [0.2, 0.25) is 0 Å². The molecule has 0 bridgehead atoms. The molecule has 1 aliphatic heterocycles. The van der Waals surface area contributed by atoms with Crippen LogP contribution in [0.15, 0.2) is 42.5 Å². The molecule has 0 radical (unpaired) electrons. The van der Waals surface area contributed by atoms with Crippen molar-refractivity contribution in [2.24, 2.45) is 17.8 Å². The maximum Gasteiger partial charge on any atom is 0.163 e. The molecule has 0 aromatic heterocycles. The monoisotopic (exact) mass is 362 g/mol. The molecule has 1 aromatic rings. The second-order valence-electron chi connectivity index (χ2n) is 7.86. The molecule has 2 rings (SSSR count). The molecular weight excluding hydrogens is 328 g/mol. The molecule has 4 heteroatoms. The zero-order valence-electron chi connectivity index (χ0n) is 16.7. The van der Waals surface area contributed by atoms with Crippen LogP contribution in [0.5, 0.6) is 0 Å². The molecule has 1 N–H and O–H groups in total. The van der Waals surface area contributed by atoms with Crippen LogP contribution in [0.4, 0.5) is 0 Å². The number of benzene rings is 1. The van der Waals surface area contributed by atoms with Gasteiger partial charge in [0.25, 0.3) is 0 Å². The molecule has 1 aliphatic rings. The lowest BCUT2D eigenvalue weighted by atomic mass is 9.83. The van der Waals surface area contributed by atoms with E-state index in [9.17, 15) is 0 Å². The van der Waals surface area contributed by atoms with Gasteiger partial charge in [-0.3, -0.25) is 0 Å². The minimum Gasteiger partial charge on any atom is -0.392 e. The van der Waals surface area contributed by atoms with Crippen molar-refractivity contribution in [1.29, 1.82) is 0 Å². The van der Waals surface area contributed by atoms with E-state index in [-0.39, 0.29) is 30.7 Å². The van der Waals surface area contributed by atoms with Crippen molar-refractivity contribution in [3.05, 3.63) is 48.0 Å². The van der Waals surface area contributed by atoms with E-state index in [1.807, 2.05) is 38.1 Å². The van der Waals surface area contributed by atoms with Crippen molar-refractivity contribution < 1.29 is 19.3 Å². The highest BCUT2D eigenvalue weighted by Crippen LogP contribution is 2.34. The van der Waals surface area contributed by atoms with Crippen LogP contribution in [-0.4, -0.2) is 36.3 Å². The average molecular weight is 363 g/mol. The maximum absolute atomic E-state index is 9.13. The van der Waals surface area contributed by atoms with Crippen LogP contribution in [-0.2, 0) is 20.8 Å². The molecule has 0 amide bonds. The van der Waals surface area contributed by atoms with Crippen molar-refractivity contribution in [3.63, 3.8) is 0 Å². The zero-order chi connectivity index (χ0) is 19.2. The Kier molecular flexibility index (Phi) is 7.84. The summed E-state index contributed by atoms with van der Waals surface area (Å²) in [6.07, 6.45) is 3.86. The molecule has 1 fully saturated rings. The zero-order valence-corrected chi connectivity index (χ0v) is 16.7. The number of ether oxygens (including phenoxy) is 3. The summed E-state index contributed by atoms with van der Waals surface area (Å²) in [5, 5.41) is 9.13. The van der Waals surface area contributed by atoms with E-state index in [1.165, 1.54) is 0 Å². The summed E-state index contributed by atoms with van der Waals surface area (Å²) >= 11 is 0. The van der Waals surface area contributed by atoms with Gasteiger partial charge in [-0.25, -0.2) is 0 Å². The van der Waals surface area contributed by atoms with Gasteiger partial charge in [-0.1, -0.05) is 63.3 Å². The van der Waals surface area contributed by atoms with Gasteiger partial charge >= 0.3 is 0 Å². The molecule has 146 valence electrons. The summed E-state index contributed by atoms with van der Waals surface area (Å²) < 4.78 is 18.4. The molecule has 0 aliphatic carbocycles. The Hall–Kier alpha value is -1.20. The Morgan fingerprint density at radius 1 is 1.27 bits per heavy atom. The van der Waals surface area contributed by atoms with Gasteiger partial charge in [-0.15, -0.1) is 0 Å². The van der Waals surface area contributed by atoms with Crippen molar-refractivity contribution in [1.82, 2.24) is 0 Å². The molecule has 1 aromatic carbocycles. The number of rotatable bonds is 8. The van der Waals surface area contributed by atoms with Crippen molar-refractivity contribution >= 4 is 0 Å². The van der Waals surface area contributed by atoms with Gasteiger partial charge in [-0.05, 0) is 19.4 Å². The molecule has 26 heavy (non-hydrogen) atoms. The predicted molar refractivity (Wildman–Crippen MR) is 104 cm³/mol. The van der Waals surface area contributed by atoms with Gasteiger partial charge in [0.05, 0.1) is 32.0 Å². The van der Waals surface area contributed by atoms with E-state index in [4.69, 9.17) is 19.3 Å². The third kappa shape index (κ3) is 5.92. The van der Waals surface area contributed by atoms with Crippen LogP contribution < -0.4 is 0 Å². The Morgan fingerprint density at radius 3 is 2.62 bits per heavy atom. The van der Waals surface area contributed by atoms with Crippen LogP contribution in [0.3, 0.4) is 0 Å². The van der Waals surface area contributed by atoms with Gasteiger partial charge < -0.3 is 19.3 Å². The van der Waals surface area contributed by atoms with Gasteiger partial charge in [0.1, 0.15) is 0 Å². The van der Waals surface area contributed by atoms with Crippen LogP contribution in [0, 0.1) is 17.8 Å². The largest absolute Gasteiger partial charge is 0.392 e. The lowest BCUT2D eigenvalue weighted by Crippen LogP contribution is -2.50. The number of hydrogen-bond donors (Lipinski definition) is 1. The molecule has 0 spiro atoms. The first-order valence-electron chi connectivity index (χ1n) is 9.59. The van der Waals surface area contributed by atoms with Gasteiger partial charge in [0.2, 0.25) is 0 Å². The molecule has 0 unspecified atom stereocenters. The van der Waals surface area contributed by atoms with E-state index < -0.39 is 5.79 Å². The summed E-state index contributed by atoms with van der Waals surface area (Å²) in [6, 6.07) is 10.2. The van der Waals surface area contributed by atoms with Crippen molar-refractivity contribution in [2.75, 3.05) is 13.2 Å². The maximum atomic E-state index is 9.13. The van der Waals surface area contributed by atoms with Crippen molar-refractivity contribution in [3.8, 4) is 0 Å². The quantitative estimate of drug-likeness (QED) is 0.705. The Bertz CT molecular complexity index is 555. The highest BCUT2D eigenvalue weighted by molar-refractivity contribution is 5.13. The van der Waals surface area contributed by atoms with Gasteiger partial charge in [-0.2, -0.15) is 0 Å². The topological polar surface area (TPSA) is 47.9 Å². The molecule has 4 nitrogen and oxygen atoms in total. The SMILES string of the molecule is C[C@@H]([C@@H](OCc1ccccc1)[C@@H](C)/C=C/CO)[C@H]1OC(C)(C)OC[C@@H]1C. The standard InChI is InChI=1S/C22H34O4/c1-16(10-9-13-23)20(24-15-19-11-7-6-8-12-19)18(3)21-17(2)14-25-22(4,5)26-21/h6-12,16-18,20-21,23H,13-15H2,1-5H3/b10-9+/t16-,17-,18-,20-,21-/m0/s1. The fraction of sp³-hybridized carbons (Fsp3) is 0.636. The molecule has 5 atom stereocenters. The first kappa shape index (κ1) is 21.1. The normalized spacial score (nSPS) is 26.5. The van der Waals surface area contributed by atoms with E-state index >= 15 is 0 Å². The minimum absolute atomic E-state index is 0.0145. The Labute approximate surface area is 158 Å². The molecule has 1 heterocycles. The number of aliphatic hydroxyl groups is 1. The Balaban J connectivity index is 2.14. The van der Waals surface area contributed by atoms with E-state index in [2.05, 4.69) is 32.9 Å². The number of aliphatic hydroxyl groups excluding tert-OH is 1.